The van der Waals surface area contributed by atoms with Crippen LogP contribution in [0.2, 0.25) is 0 Å². The first-order valence-corrected chi connectivity index (χ1v) is 5.73. The Morgan fingerprint density at radius 3 is 2.72 bits per heavy atom. The van der Waals surface area contributed by atoms with Crippen molar-refractivity contribution in [2.24, 2.45) is 7.05 Å². The van der Waals surface area contributed by atoms with Gasteiger partial charge in [0.25, 0.3) is 0 Å². The largest absolute Gasteiger partial charge is 0.480 e. The molecule has 1 heterocycles. The average Bonchev–Trinajstić information content (AvgIpc) is 2.67. The van der Waals surface area contributed by atoms with Gasteiger partial charge < -0.3 is 15.7 Å². The predicted octanol–water partition coefficient (Wildman–Crippen LogP) is 0.255. The van der Waals surface area contributed by atoms with Crippen molar-refractivity contribution in [1.29, 1.82) is 0 Å². The van der Waals surface area contributed by atoms with Gasteiger partial charge in [-0.15, -0.1) is 0 Å². The minimum absolute atomic E-state index is 0.307. The second kappa shape index (κ2) is 6.04. The fourth-order valence-corrected chi connectivity index (χ4v) is 1.39. The van der Waals surface area contributed by atoms with Gasteiger partial charge in [-0.1, -0.05) is 6.92 Å². The molecule has 2 amide bonds. The van der Waals surface area contributed by atoms with Crippen LogP contribution in [0, 0.1) is 0 Å². The molecule has 1 unspecified atom stereocenters. The van der Waals surface area contributed by atoms with E-state index in [9.17, 15) is 9.59 Å². The lowest BCUT2D eigenvalue weighted by Crippen LogP contribution is -2.44. The number of carboxylic acid groups (broad SMARTS) is 1. The number of nitrogens with one attached hydrogen (secondary N) is 2. The Morgan fingerprint density at radius 1 is 1.56 bits per heavy atom. The fourth-order valence-electron chi connectivity index (χ4n) is 1.39. The fraction of sp³-hybridized carbons (Fsp3) is 0.545. The number of rotatable bonds is 5. The smallest absolute Gasteiger partial charge is 0.325 e. The summed E-state index contributed by atoms with van der Waals surface area (Å²) in [5.74, 6) is -1.07. The van der Waals surface area contributed by atoms with E-state index in [0.717, 1.165) is 17.8 Å². The van der Waals surface area contributed by atoms with Crippen LogP contribution in [0.15, 0.2) is 6.07 Å². The summed E-state index contributed by atoms with van der Waals surface area (Å²) in [7, 11) is 1.80. The van der Waals surface area contributed by atoms with Gasteiger partial charge in [0, 0.05) is 7.05 Å². The van der Waals surface area contributed by atoms with E-state index in [1.54, 1.807) is 11.7 Å². The highest BCUT2D eigenvalue weighted by atomic mass is 16.4. The first kappa shape index (κ1) is 14.0. The first-order valence-electron chi connectivity index (χ1n) is 5.73. The van der Waals surface area contributed by atoms with Crippen molar-refractivity contribution in [2.45, 2.75) is 32.9 Å². The summed E-state index contributed by atoms with van der Waals surface area (Å²) >= 11 is 0. The van der Waals surface area contributed by atoms with Crippen LogP contribution in [0.25, 0.3) is 0 Å². The summed E-state index contributed by atoms with van der Waals surface area (Å²) in [5, 5.41) is 17.8. The Bertz CT molecular complexity index is 441. The van der Waals surface area contributed by atoms with E-state index in [-0.39, 0.29) is 0 Å². The number of hydrogen-bond donors (Lipinski definition) is 3. The molecule has 100 valence electrons. The summed E-state index contributed by atoms with van der Waals surface area (Å²) in [5.41, 5.74) is 1.82. The number of carbonyl (C=O) groups is 2. The standard InChI is InChI=1S/C11H18N4O3/c1-4-8-5-9(15(3)14-8)6-12-11(18)13-7(2)10(16)17/h5,7H,4,6H2,1-3H3,(H,16,17)(H2,12,13,18). The maximum atomic E-state index is 11.4. The number of amides is 2. The van der Waals surface area contributed by atoms with Crippen molar-refractivity contribution < 1.29 is 14.7 Å². The number of aryl methyl sites for hydroxylation is 2. The van der Waals surface area contributed by atoms with Gasteiger partial charge in [0.05, 0.1) is 17.9 Å². The number of carbonyl (C=O) groups excluding carboxylic acids is 1. The maximum Gasteiger partial charge on any atom is 0.325 e. The van der Waals surface area contributed by atoms with Crippen LogP contribution in [0.3, 0.4) is 0 Å². The summed E-state index contributed by atoms with van der Waals surface area (Å²) < 4.78 is 1.69. The van der Waals surface area contributed by atoms with E-state index in [1.807, 2.05) is 13.0 Å². The zero-order chi connectivity index (χ0) is 13.7. The zero-order valence-electron chi connectivity index (χ0n) is 10.7. The lowest BCUT2D eigenvalue weighted by atomic mass is 10.3. The Hall–Kier alpha value is -2.05. The minimum atomic E-state index is -1.07. The number of aliphatic carboxylic acids is 1. The molecular formula is C11H18N4O3. The van der Waals surface area contributed by atoms with Crippen molar-refractivity contribution in [3.63, 3.8) is 0 Å². The molecule has 0 saturated carbocycles. The molecule has 0 spiro atoms. The predicted molar refractivity (Wildman–Crippen MR) is 65.1 cm³/mol. The third-order valence-electron chi connectivity index (χ3n) is 2.54. The molecule has 7 heteroatoms. The molecule has 18 heavy (non-hydrogen) atoms. The molecule has 0 bridgehead atoms. The summed E-state index contributed by atoms with van der Waals surface area (Å²) in [6.45, 7) is 3.71. The van der Waals surface area contributed by atoms with Gasteiger partial charge >= 0.3 is 12.0 Å². The summed E-state index contributed by atoms with van der Waals surface area (Å²) in [4.78, 5) is 22.0. The van der Waals surface area contributed by atoms with Gasteiger partial charge in [-0.05, 0) is 19.4 Å². The van der Waals surface area contributed by atoms with Crippen LogP contribution in [-0.4, -0.2) is 32.9 Å². The highest BCUT2D eigenvalue weighted by Gasteiger charge is 2.13. The van der Waals surface area contributed by atoms with Gasteiger partial charge in [0.1, 0.15) is 6.04 Å². The summed E-state index contributed by atoms with van der Waals surface area (Å²) in [6.07, 6.45) is 0.829. The molecule has 0 aliphatic carbocycles. The molecule has 0 radical (unpaired) electrons. The Balaban J connectivity index is 2.47. The molecule has 7 nitrogen and oxygen atoms in total. The molecule has 1 atom stereocenters. The SMILES string of the molecule is CCc1cc(CNC(=O)NC(C)C(=O)O)n(C)n1. The van der Waals surface area contributed by atoms with Crippen LogP contribution < -0.4 is 10.6 Å². The normalized spacial score (nSPS) is 11.9. The van der Waals surface area contributed by atoms with Crippen LogP contribution >= 0.6 is 0 Å². The molecule has 3 N–H and O–H groups in total. The highest BCUT2D eigenvalue weighted by Crippen LogP contribution is 2.03. The zero-order valence-corrected chi connectivity index (χ0v) is 10.7. The van der Waals surface area contributed by atoms with E-state index < -0.39 is 18.0 Å². The molecule has 1 aromatic heterocycles. The highest BCUT2D eigenvalue weighted by molar-refractivity contribution is 5.82. The molecular weight excluding hydrogens is 236 g/mol. The van der Waals surface area contributed by atoms with E-state index in [0.29, 0.717) is 6.54 Å². The number of hydrogen-bond acceptors (Lipinski definition) is 3. The third-order valence-corrected chi connectivity index (χ3v) is 2.54. The Kier molecular flexibility index (Phi) is 4.70. The maximum absolute atomic E-state index is 11.4. The van der Waals surface area contributed by atoms with E-state index in [4.69, 9.17) is 5.11 Å². The Morgan fingerprint density at radius 2 is 2.22 bits per heavy atom. The molecule has 0 aromatic carbocycles. The molecule has 0 aliphatic rings. The quantitative estimate of drug-likeness (QED) is 0.702. The molecule has 0 saturated heterocycles. The van der Waals surface area contributed by atoms with Crippen molar-refractivity contribution in [3.8, 4) is 0 Å². The van der Waals surface area contributed by atoms with Crippen molar-refractivity contribution in [2.75, 3.05) is 0 Å². The van der Waals surface area contributed by atoms with Gasteiger partial charge in [0.15, 0.2) is 0 Å². The number of nitrogens with zero attached hydrogens (tertiary/aromatic N) is 2. The van der Waals surface area contributed by atoms with Crippen molar-refractivity contribution >= 4 is 12.0 Å². The summed E-state index contributed by atoms with van der Waals surface area (Å²) in [6, 6.07) is 0.479. The molecule has 1 aromatic rings. The van der Waals surface area contributed by atoms with Gasteiger partial charge in [-0.25, -0.2) is 4.79 Å². The van der Waals surface area contributed by atoms with Crippen LogP contribution in [0.5, 0.6) is 0 Å². The Labute approximate surface area is 105 Å². The molecule has 0 fully saturated rings. The topological polar surface area (TPSA) is 96.3 Å². The van der Waals surface area contributed by atoms with Crippen LogP contribution in [-0.2, 0) is 24.8 Å². The molecule has 0 aliphatic heterocycles. The van der Waals surface area contributed by atoms with E-state index in [2.05, 4.69) is 15.7 Å². The van der Waals surface area contributed by atoms with Crippen LogP contribution in [0.1, 0.15) is 25.2 Å². The van der Waals surface area contributed by atoms with Gasteiger partial charge in [0.2, 0.25) is 0 Å². The van der Waals surface area contributed by atoms with E-state index >= 15 is 0 Å². The van der Waals surface area contributed by atoms with Crippen molar-refractivity contribution in [3.05, 3.63) is 17.5 Å². The third kappa shape index (κ3) is 3.76. The number of aromatic nitrogens is 2. The number of carboxylic acids is 1. The van der Waals surface area contributed by atoms with Crippen molar-refractivity contribution in [1.82, 2.24) is 20.4 Å². The molecule has 1 rings (SSSR count). The average molecular weight is 254 g/mol. The number of urea groups is 1. The van der Waals surface area contributed by atoms with E-state index in [1.165, 1.54) is 6.92 Å². The first-order chi connectivity index (χ1) is 8.43. The monoisotopic (exact) mass is 254 g/mol. The van der Waals surface area contributed by atoms with Gasteiger partial charge in [-0.3, -0.25) is 9.48 Å². The van der Waals surface area contributed by atoms with Crippen LogP contribution in [0.4, 0.5) is 4.79 Å². The minimum Gasteiger partial charge on any atom is -0.480 e. The lowest BCUT2D eigenvalue weighted by molar-refractivity contribution is -0.138. The second-order valence-corrected chi connectivity index (χ2v) is 3.99. The van der Waals surface area contributed by atoms with Gasteiger partial charge in [-0.2, -0.15) is 5.10 Å². The second-order valence-electron chi connectivity index (χ2n) is 3.99. The lowest BCUT2D eigenvalue weighted by Gasteiger charge is -2.10.